The summed E-state index contributed by atoms with van der Waals surface area (Å²) in [6.07, 6.45) is 1.51. The molecule has 1 unspecified atom stereocenters. The van der Waals surface area contributed by atoms with Crippen molar-refractivity contribution in [2.24, 2.45) is 5.73 Å². The monoisotopic (exact) mass is 403 g/mol. The molecule has 1 fully saturated rings. The van der Waals surface area contributed by atoms with Crippen LogP contribution in [0.25, 0.3) is 0 Å². The topological polar surface area (TPSA) is 83.7 Å². The van der Waals surface area contributed by atoms with E-state index >= 15 is 0 Å². The quantitative estimate of drug-likeness (QED) is 0.789. The van der Waals surface area contributed by atoms with E-state index in [0.29, 0.717) is 43.4 Å². The number of rotatable bonds is 6. The van der Waals surface area contributed by atoms with Gasteiger partial charge in [0.25, 0.3) is 0 Å². The van der Waals surface area contributed by atoms with Crippen molar-refractivity contribution in [3.63, 3.8) is 0 Å². The summed E-state index contributed by atoms with van der Waals surface area (Å²) in [5.74, 6) is 0.277. The van der Waals surface area contributed by atoms with E-state index in [2.05, 4.69) is 13.8 Å². The summed E-state index contributed by atoms with van der Waals surface area (Å²) in [7, 11) is -3.52. The van der Waals surface area contributed by atoms with E-state index in [0.717, 1.165) is 12.0 Å². The highest BCUT2D eigenvalue weighted by molar-refractivity contribution is 7.89. The van der Waals surface area contributed by atoms with Crippen LogP contribution in [0.4, 0.5) is 0 Å². The molecule has 0 bridgehead atoms. The molecule has 0 saturated carbocycles. The van der Waals surface area contributed by atoms with Gasteiger partial charge in [0.2, 0.25) is 15.9 Å². The second-order valence-corrected chi connectivity index (χ2v) is 8.79. The van der Waals surface area contributed by atoms with Crippen LogP contribution in [0.2, 0.25) is 0 Å². The van der Waals surface area contributed by atoms with Crippen molar-refractivity contribution in [3.05, 3.63) is 29.8 Å². The van der Waals surface area contributed by atoms with Gasteiger partial charge in [0.15, 0.2) is 0 Å². The molecule has 1 amide bonds. The molecule has 0 aromatic heterocycles. The lowest BCUT2D eigenvalue weighted by Crippen LogP contribution is -2.54. The highest BCUT2D eigenvalue weighted by Gasteiger charge is 2.31. The minimum Gasteiger partial charge on any atom is -0.339 e. The number of nitrogens with zero attached hydrogens (tertiary/aromatic N) is 2. The van der Waals surface area contributed by atoms with Crippen molar-refractivity contribution in [2.75, 3.05) is 26.2 Å². The highest BCUT2D eigenvalue weighted by Crippen LogP contribution is 2.21. The van der Waals surface area contributed by atoms with Crippen LogP contribution in [0.1, 0.15) is 45.1 Å². The number of hydrogen-bond acceptors (Lipinski definition) is 4. The van der Waals surface area contributed by atoms with E-state index in [1.807, 2.05) is 19.1 Å². The SMILES string of the molecule is CCCC(N)C(=O)N1CCN(S(=O)(=O)c2ccc(C(C)C)cc2)CC1.Cl. The van der Waals surface area contributed by atoms with Crippen LogP contribution in [0.15, 0.2) is 29.2 Å². The predicted molar refractivity (Wildman–Crippen MR) is 106 cm³/mol. The summed E-state index contributed by atoms with van der Waals surface area (Å²) in [6.45, 7) is 7.52. The van der Waals surface area contributed by atoms with E-state index in [1.54, 1.807) is 17.0 Å². The maximum Gasteiger partial charge on any atom is 0.243 e. The van der Waals surface area contributed by atoms with Gasteiger partial charge in [-0.25, -0.2) is 8.42 Å². The van der Waals surface area contributed by atoms with Crippen molar-refractivity contribution < 1.29 is 13.2 Å². The van der Waals surface area contributed by atoms with Gasteiger partial charge in [0.05, 0.1) is 10.9 Å². The maximum absolute atomic E-state index is 12.8. The van der Waals surface area contributed by atoms with Gasteiger partial charge in [-0.3, -0.25) is 4.79 Å². The van der Waals surface area contributed by atoms with Crippen molar-refractivity contribution in [3.8, 4) is 0 Å². The lowest BCUT2D eigenvalue weighted by Gasteiger charge is -2.35. The maximum atomic E-state index is 12.8. The number of halogens is 1. The molecule has 0 aliphatic carbocycles. The molecule has 2 rings (SSSR count). The van der Waals surface area contributed by atoms with E-state index in [1.165, 1.54) is 4.31 Å². The Kier molecular flexibility index (Phi) is 8.53. The molecule has 1 aliphatic rings. The molecule has 2 N–H and O–H groups in total. The van der Waals surface area contributed by atoms with Crippen LogP contribution >= 0.6 is 12.4 Å². The fourth-order valence-corrected chi connectivity index (χ4v) is 4.41. The number of sulfonamides is 1. The van der Waals surface area contributed by atoms with Gasteiger partial charge in [0, 0.05) is 26.2 Å². The Balaban J connectivity index is 0.00000338. The molecule has 1 saturated heterocycles. The van der Waals surface area contributed by atoms with Crippen molar-refractivity contribution >= 4 is 28.3 Å². The first kappa shape index (κ1) is 22.9. The van der Waals surface area contributed by atoms with Crippen LogP contribution in [0.3, 0.4) is 0 Å². The Morgan fingerprint density at radius 3 is 2.12 bits per heavy atom. The van der Waals surface area contributed by atoms with Crippen LogP contribution < -0.4 is 5.73 Å². The van der Waals surface area contributed by atoms with Gasteiger partial charge in [-0.15, -0.1) is 12.4 Å². The van der Waals surface area contributed by atoms with Crippen LogP contribution in [0, 0.1) is 0 Å². The standard InChI is InChI=1S/C18H29N3O3S.ClH/c1-4-5-17(19)18(22)20-10-12-21(13-11-20)25(23,24)16-8-6-15(7-9-16)14(2)3;/h6-9,14,17H,4-5,10-13,19H2,1-3H3;1H. The third-order valence-electron chi connectivity index (χ3n) is 4.65. The number of carbonyl (C=O) groups is 1. The lowest BCUT2D eigenvalue weighted by atomic mass is 10.0. The van der Waals surface area contributed by atoms with Crippen LogP contribution in [0.5, 0.6) is 0 Å². The fraction of sp³-hybridized carbons (Fsp3) is 0.611. The predicted octanol–water partition coefficient (Wildman–Crippen LogP) is 2.19. The molecule has 1 aromatic carbocycles. The number of piperazine rings is 1. The second-order valence-electron chi connectivity index (χ2n) is 6.85. The first-order valence-corrected chi connectivity index (χ1v) is 10.4. The van der Waals surface area contributed by atoms with Gasteiger partial charge in [-0.05, 0) is 30.0 Å². The Bertz CT molecular complexity index is 684. The van der Waals surface area contributed by atoms with Crippen molar-refractivity contribution in [2.45, 2.75) is 50.5 Å². The zero-order chi connectivity index (χ0) is 18.6. The van der Waals surface area contributed by atoms with E-state index < -0.39 is 16.1 Å². The number of carbonyl (C=O) groups excluding carboxylic acids is 1. The molecule has 1 aromatic rings. The Labute approximate surface area is 163 Å². The summed E-state index contributed by atoms with van der Waals surface area (Å²) < 4.78 is 27.0. The van der Waals surface area contributed by atoms with Crippen LogP contribution in [-0.4, -0.2) is 55.8 Å². The summed E-state index contributed by atoms with van der Waals surface area (Å²) in [5.41, 5.74) is 7.00. The molecule has 26 heavy (non-hydrogen) atoms. The Hall–Kier alpha value is -1.15. The average molecular weight is 404 g/mol. The molecule has 1 heterocycles. The smallest absolute Gasteiger partial charge is 0.243 e. The third kappa shape index (κ3) is 5.19. The molecule has 0 spiro atoms. The summed E-state index contributed by atoms with van der Waals surface area (Å²) >= 11 is 0. The molecule has 6 nitrogen and oxygen atoms in total. The summed E-state index contributed by atoms with van der Waals surface area (Å²) in [4.78, 5) is 14.2. The normalized spacial score (nSPS) is 17.0. The highest BCUT2D eigenvalue weighted by atomic mass is 35.5. The van der Waals surface area contributed by atoms with Gasteiger partial charge >= 0.3 is 0 Å². The van der Waals surface area contributed by atoms with Crippen molar-refractivity contribution in [1.82, 2.24) is 9.21 Å². The molecule has 1 aliphatic heterocycles. The Morgan fingerprint density at radius 1 is 1.12 bits per heavy atom. The number of nitrogens with two attached hydrogens (primary N) is 1. The summed E-state index contributed by atoms with van der Waals surface area (Å²) in [5, 5.41) is 0. The molecular weight excluding hydrogens is 374 g/mol. The minimum absolute atomic E-state index is 0. The number of benzene rings is 1. The lowest BCUT2D eigenvalue weighted by molar-refractivity contribution is -0.133. The molecule has 148 valence electrons. The molecule has 1 atom stereocenters. The average Bonchev–Trinajstić information content (AvgIpc) is 2.61. The van der Waals surface area contributed by atoms with E-state index in [9.17, 15) is 13.2 Å². The third-order valence-corrected chi connectivity index (χ3v) is 6.56. The first-order valence-electron chi connectivity index (χ1n) is 8.91. The molecule has 0 radical (unpaired) electrons. The zero-order valence-electron chi connectivity index (χ0n) is 15.7. The fourth-order valence-electron chi connectivity index (χ4n) is 2.99. The summed E-state index contributed by atoms with van der Waals surface area (Å²) in [6, 6.07) is 6.57. The minimum atomic E-state index is -3.52. The van der Waals surface area contributed by atoms with Gasteiger partial charge in [0.1, 0.15) is 0 Å². The van der Waals surface area contributed by atoms with Crippen LogP contribution in [-0.2, 0) is 14.8 Å². The Morgan fingerprint density at radius 2 is 1.65 bits per heavy atom. The first-order chi connectivity index (χ1) is 11.8. The second kappa shape index (κ2) is 9.69. The molecular formula is C18H30ClN3O3S. The van der Waals surface area contributed by atoms with Gasteiger partial charge < -0.3 is 10.6 Å². The molecule has 8 heteroatoms. The van der Waals surface area contributed by atoms with Gasteiger partial charge in [-0.1, -0.05) is 39.3 Å². The number of hydrogen-bond donors (Lipinski definition) is 1. The number of amides is 1. The zero-order valence-corrected chi connectivity index (χ0v) is 17.4. The van der Waals surface area contributed by atoms with E-state index in [-0.39, 0.29) is 18.3 Å². The largest absolute Gasteiger partial charge is 0.339 e. The van der Waals surface area contributed by atoms with E-state index in [4.69, 9.17) is 5.73 Å². The van der Waals surface area contributed by atoms with Gasteiger partial charge in [-0.2, -0.15) is 4.31 Å². The van der Waals surface area contributed by atoms with Crippen molar-refractivity contribution in [1.29, 1.82) is 0 Å².